The highest BCUT2D eigenvalue weighted by molar-refractivity contribution is 6.30. The van der Waals surface area contributed by atoms with Crippen molar-refractivity contribution in [1.82, 2.24) is 15.0 Å². The van der Waals surface area contributed by atoms with Crippen LogP contribution in [0.3, 0.4) is 0 Å². The molecule has 5 N–H and O–H groups in total. The molecule has 1 aromatic carbocycles. The number of aromatic nitrogens is 2. The molecule has 0 radical (unpaired) electrons. The Labute approximate surface area is 216 Å². The predicted octanol–water partition coefficient (Wildman–Crippen LogP) is 4.61. The summed E-state index contributed by atoms with van der Waals surface area (Å²) in [6.45, 7) is 6.69. The first kappa shape index (κ1) is 26.1. The third-order valence-electron chi connectivity index (χ3n) is 6.63. The molecule has 36 heavy (non-hydrogen) atoms. The van der Waals surface area contributed by atoms with Gasteiger partial charge in [0.25, 0.3) is 0 Å². The summed E-state index contributed by atoms with van der Waals surface area (Å²) in [4.78, 5) is 24.0. The van der Waals surface area contributed by atoms with Crippen molar-refractivity contribution in [2.75, 3.05) is 37.0 Å². The van der Waals surface area contributed by atoms with E-state index in [0.29, 0.717) is 47.9 Å². The fourth-order valence-electron chi connectivity index (χ4n) is 4.65. The van der Waals surface area contributed by atoms with E-state index < -0.39 is 6.09 Å². The number of nitrogens with zero attached hydrogens (tertiary/aromatic N) is 4. The number of benzene rings is 1. The summed E-state index contributed by atoms with van der Waals surface area (Å²) in [6.07, 6.45) is 4.69. The number of aliphatic imine (C=N–C) groups is 1. The van der Waals surface area contributed by atoms with Crippen LogP contribution >= 0.6 is 11.6 Å². The van der Waals surface area contributed by atoms with Gasteiger partial charge in [-0.2, -0.15) is 4.99 Å². The van der Waals surface area contributed by atoms with Crippen LogP contribution in [0.5, 0.6) is 0 Å². The second-order valence-corrected chi connectivity index (χ2v) is 10.4. The summed E-state index contributed by atoms with van der Waals surface area (Å²) >= 11 is 6.32. The molecular formula is C25H34ClN7O3. The summed E-state index contributed by atoms with van der Waals surface area (Å²) in [5, 5.41) is 15.4. The van der Waals surface area contributed by atoms with Gasteiger partial charge in [0.1, 0.15) is 5.69 Å². The molecule has 2 fully saturated rings. The van der Waals surface area contributed by atoms with E-state index in [9.17, 15) is 4.79 Å². The van der Waals surface area contributed by atoms with Gasteiger partial charge < -0.3 is 26.3 Å². The van der Waals surface area contributed by atoms with Crippen molar-refractivity contribution < 1.29 is 14.6 Å². The normalized spacial score (nSPS) is 19.1. The SMILES string of the molecule is CC1(C)COCCN1Nc1nc(/C(N)=N/C(=O)O)nc(-c2cccc(Cl)c2)c1NCC1CCCCC1. The highest BCUT2D eigenvalue weighted by Crippen LogP contribution is 2.35. The lowest BCUT2D eigenvalue weighted by molar-refractivity contribution is -0.0379. The largest absolute Gasteiger partial charge is 0.463 e. The molecule has 1 aliphatic heterocycles. The van der Waals surface area contributed by atoms with Crippen molar-refractivity contribution in [3.8, 4) is 11.3 Å². The van der Waals surface area contributed by atoms with Crippen molar-refractivity contribution in [2.45, 2.75) is 51.5 Å². The topological polar surface area (TPSA) is 138 Å². The lowest BCUT2D eigenvalue weighted by Crippen LogP contribution is -2.55. The Kier molecular flexibility index (Phi) is 8.28. The van der Waals surface area contributed by atoms with Crippen molar-refractivity contribution >= 4 is 35.0 Å². The van der Waals surface area contributed by atoms with E-state index in [0.717, 1.165) is 12.1 Å². The first-order chi connectivity index (χ1) is 17.2. The third-order valence-corrected chi connectivity index (χ3v) is 6.87. The quantitative estimate of drug-likeness (QED) is 0.307. The fraction of sp³-hybridized carbons (Fsp3) is 0.520. The molecule has 4 rings (SSSR count). The van der Waals surface area contributed by atoms with Gasteiger partial charge in [-0.3, -0.25) is 0 Å². The smallest absolute Gasteiger partial charge is 0.433 e. The maximum Gasteiger partial charge on any atom is 0.433 e. The van der Waals surface area contributed by atoms with E-state index in [1.165, 1.54) is 32.1 Å². The second-order valence-electron chi connectivity index (χ2n) is 9.92. The van der Waals surface area contributed by atoms with E-state index in [1.807, 2.05) is 18.2 Å². The van der Waals surface area contributed by atoms with Crippen LogP contribution in [0.4, 0.5) is 16.3 Å². The number of hydrogen-bond donors (Lipinski definition) is 4. The summed E-state index contributed by atoms with van der Waals surface area (Å²) in [5.74, 6) is 0.777. The van der Waals surface area contributed by atoms with Crippen molar-refractivity contribution in [1.29, 1.82) is 0 Å². The summed E-state index contributed by atoms with van der Waals surface area (Å²) in [7, 11) is 0. The molecule has 1 aromatic heterocycles. The third kappa shape index (κ3) is 6.43. The van der Waals surface area contributed by atoms with Crippen LogP contribution in [0, 0.1) is 5.92 Å². The average molecular weight is 516 g/mol. The van der Waals surface area contributed by atoms with Gasteiger partial charge in [0.05, 0.1) is 24.4 Å². The lowest BCUT2D eigenvalue weighted by Gasteiger charge is -2.42. The number of hydrogen-bond acceptors (Lipinski definition) is 7. The number of carboxylic acid groups (broad SMARTS) is 1. The molecule has 1 saturated heterocycles. The molecule has 1 saturated carbocycles. The van der Waals surface area contributed by atoms with Gasteiger partial charge in [-0.05, 0) is 44.7 Å². The van der Waals surface area contributed by atoms with Crippen LogP contribution < -0.4 is 16.5 Å². The first-order valence-corrected chi connectivity index (χ1v) is 12.7. The Bertz CT molecular complexity index is 1120. The van der Waals surface area contributed by atoms with E-state index in [4.69, 9.17) is 27.2 Å². The molecule has 0 unspecified atom stereocenters. The minimum atomic E-state index is -1.41. The lowest BCUT2D eigenvalue weighted by atomic mass is 9.89. The summed E-state index contributed by atoms with van der Waals surface area (Å²) < 4.78 is 5.67. The van der Waals surface area contributed by atoms with E-state index in [-0.39, 0.29) is 17.2 Å². The van der Waals surface area contributed by atoms with Crippen LogP contribution in [-0.2, 0) is 4.74 Å². The van der Waals surface area contributed by atoms with Gasteiger partial charge in [0, 0.05) is 23.7 Å². The minimum absolute atomic E-state index is 0.0177. The number of amides is 1. The summed E-state index contributed by atoms with van der Waals surface area (Å²) in [6, 6.07) is 7.35. The van der Waals surface area contributed by atoms with E-state index >= 15 is 0 Å². The molecular weight excluding hydrogens is 482 g/mol. The van der Waals surface area contributed by atoms with Crippen LogP contribution in [0.1, 0.15) is 51.8 Å². The van der Waals surface area contributed by atoms with Gasteiger partial charge in [-0.25, -0.2) is 19.8 Å². The Hall–Kier alpha value is -2.95. The highest BCUT2D eigenvalue weighted by Gasteiger charge is 2.32. The zero-order valence-corrected chi connectivity index (χ0v) is 21.5. The van der Waals surface area contributed by atoms with Crippen LogP contribution in [0.15, 0.2) is 29.3 Å². The number of anilines is 2. The number of amidine groups is 1. The number of hydrazine groups is 1. The Balaban J connectivity index is 1.82. The number of rotatable bonds is 7. The van der Waals surface area contributed by atoms with Crippen LogP contribution in [0.2, 0.25) is 5.02 Å². The predicted molar refractivity (Wildman–Crippen MR) is 142 cm³/mol. The number of nitrogens with one attached hydrogen (secondary N) is 2. The molecule has 1 amide bonds. The van der Waals surface area contributed by atoms with Gasteiger partial charge in [-0.15, -0.1) is 0 Å². The molecule has 2 aromatic rings. The molecule has 1 aliphatic carbocycles. The van der Waals surface area contributed by atoms with E-state index in [2.05, 4.69) is 44.6 Å². The van der Waals surface area contributed by atoms with Crippen LogP contribution in [-0.4, -0.2) is 63.9 Å². The molecule has 194 valence electrons. The molecule has 11 heteroatoms. The molecule has 0 bridgehead atoms. The van der Waals surface area contributed by atoms with Crippen LogP contribution in [0.25, 0.3) is 11.3 Å². The monoisotopic (exact) mass is 515 g/mol. The van der Waals surface area contributed by atoms with Crippen molar-refractivity contribution in [3.05, 3.63) is 35.1 Å². The number of halogens is 1. The second kappa shape index (κ2) is 11.4. The Morgan fingerprint density at radius 3 is 2.78 bits per heavy atom. The fourth-order valence-corrected chi connectivity index (χ4v) is 4.84. The number of carbonyl (C=O) groups is 1. The Morgan fingerprint density at radius 1 is 1.31 bits per heavy atom. The van der Waals surface area contributed by atoms with Crippen molar-refractivity contribution in [3.63, 3.8) is 0 Å². The molecule has 2 heterocycles. The highest BCUT2D eigenvalue weighted by atomic mass is 35.5. The maximum atomic E-state index is 11.2. The standard InChI is InChI=1S/C25H34ClN7O3/c1-25(2)15-36-12-11-33(25)32-22-20(28-14-16-7-4-3-5-8-16)19(17-9-6-10-18(26)13-17)29-23(31-22)21(27)30-24(34)35/h6,9-10,13,16,28H,3-5,7-8,11-12,14-15H2,1-2H3,(H2,27,30)(H,34,35)(H,29,31,32). The average Bonchev–Trinajstić information content (AvgIpc) is 2.84. The van der Waals surface area contributed by atoms with Gasteiger partial charge in [-0.1, -0.05) is 43.0 Å². The zero-order valence-electron chi connectivity index (χ0n) is 20.8. The van der Waals surface area contributed by atoms with Gasteiger partial charge in [0.2, 0.25) is 0 Å². The molecule has 0 spiro atoms. The van der Waals surface area contributed by atoms with Gasteiger partial charge in [0.15, 0.2) is 17.5 Å². The minimum Gasteiger partial charge on any atom is -0.463 e. The summed E-state index contributed by atoms with van der Waals surface area (Å²) in [5.41, 5.74) is 11.2. The maximum absolute atomic E-state index is 11.2. The molecule has 0 atom stereocenters. The molecule has 2 aliphatic rings. The van der Waals surface area contributed by atoms with Crippen molar-refractivity contribution in [2.24, 2.45) is 16.6 Å². The molecule has 10 nitrogen and oxygen atoms in total. The van der Waals surface area contributed by atoms with E-state index in [1.54, 1.807) is 6.07 Å². The first-order valence-electron chi connectivity index (χ1n) is 12.3. The van der Waals surface area contributed by atoms with Gasteiger partial charge >= 0.3 is 6.09 Å². The number of morpholine rings is 1. The Morgan fingerprint density at radius 2 is 2.08 bits per heavy atom. The zero-order chi connectivity index (χ0) is 25.7. The number of ether oxygens (including phenoxy) is 1. The number of nitrogens with two attached hydrogens (primary N) is 1.